The Morgan fingerprint density at radius 2 is 1.90 bits per heavy atom. The highest BCUT2D eigenvalue weighted by Gasteiger charge is 2.30. The highest BCUT2D eigenvalue weighted by Crippen LogP contribution is 2.25. The first kappa shape index (κ1) is 16.4. The van der Waals surface area contributed by atoms with E-state index in [9.17, 15) is 14.3 Å². The number of aliphatic hydroxyl groups is 1. The molecule has 0 aliphatic rings. The van der Waals surface area contributed by atoms with E-state index in [-0.39, 0.29) is 13.2 Å². The second kappa shape index (κ2) is 6.22. The van der Waals surface area contributed by atoms with Crippen molar-refractivity contribution >= 4 is 6.09 Å². The Labute approximate surface area is 119 Å². The lowest BCUT2D eigenvalue weighted by atomic mass is 9.83. The number of alkyl carbamates (subject to hydrolysis) is 1. The van der Waals surface area contributed by atoms with Crippen molar-refractivity contribution in [2.75, 3.05) is 13.2 Å². The molecule has 4 nitrogen and oxygen atoms in total. The van der Waals surface area contributed by atoms with Crippen LogP contribution in [0.2, 0.25) is 0 Å². The molecule has 0 saturated heterocycles. The van der Waals surface area contributed by atoms with Crippen LogP contribution < -0.4 is 5.32 Å². The summed E-state index contributed by atoms with van der Waals surface area (Å²) in [5.74, 6) is -0.407. The van der Waals surface area contributed by atoms with Crippen molar-refractivity contribution in [3.63, 3.8) is 0 Å². The molecule has 0 bridgehead atoms. The highest BCUT2D eigenvalue weighted by molar-refractivity contribution is 5.67. The largest absolute Gasteiger partial charge is 0.444 e. The molecule has 0 saturated carbocycles. The van der Waals surface area contributed by atoms with E-state index < -0.39 is 22.9 Å². The molecule has 1 aromatic rings. The summed E-state index contributed by atoms with van der Waals surface area (Å²) in [6, 6.07) is 6.21. The highest BCUT2D eigenvalue weighted by atomic mass is 19.1. The summed E-state index contributed by atoms with van der Waals surface area (Å²) >= 11 is 0. The maximum absolute atomic E-state index is 13.8. The van der Waals surface area contributed by atoms with Gasteiger partial charge >= 0.3 is 6.09 Å². The predicted octanol–water partition coefficient (Wildman–Crippen LogP) is 2.60. The molecule has 0 fully saturated rings. The van der Waals surface area contributed by atoms with Crippen LogP contribution in [0.25, 0.3) is 0 Å². The lowest BCUT2D eigenvalue weighted by Crippen LogP contribution is -2.43. The summed E-state index contributed by atoms with van der Waals surface area (Å²) in [5.41, 5.74) is -1.14. The average Bonchev–Trinajstić information content (AvgIpc) is 2.34. The predicted molar refractivity (Wildman–Crippen MR) is 75.1 cm³/mol. The number of amides is 1. The molecule has 1 rings (SSSR count). The van der Waals surface area contributed by atoms with Crippen LogP contribution in [0.4, 0.5) is 9.18 Å². The molecular formula is C15H22FNO3. The van der Waals surface area contributed by atoms with E-state index in [4.69, 9.17) is 4.74 Å². The molecule has 112 valence electrons. The van der Waals surface area contributed by atoms with E-state index in [1.165, 1.54) is 6.07 Å². The zero-order valence-electron chi connectivity index (χ0n) is 12.4. The number of nitrogens with one attached hydrogen (secondary N) is 1. The second-order valence-electron chi connectivity index (χ2n) is 6.05. The number of halogens is 1. The zero-order chi connectivity index (χ0) is 15.4. The van der Waals surface area contributed by atoms with Crippen molar-refractivity contribution in [2.24, 2.45) is 0 Å². The van der Waals surface area contributed by atoms with E-state index in [0.717, 1.165) is 0 Å². The van der Waals surface area contributed by atoms with Crippen LogP contribution in [0.15, 0.2) is 24.3 Å². The quantitative estimate of drug-likeness (QED) is 0.893. The Balaban J connectivity index is 2.77. The Morgan fingerprint density at radius 3 is 2.40 bits per heavy atom. The van der Waals surface area contributed by atoms with Crippen LogP contribution in [0, 0.1) is 5.82 Å². The van der Waals surface area contributed by atoms with Crippen molar-refractivity contribution < 1.29 is 19.0 Å². The van der Waals surface area contributed by atoms with Gasteiger partial charge in [-0.3, -0.25) is 0 Å². The molecule has 1 unspecified atom stereocenters. The molecule has 0 heterocycles. The molecule has 0 aromatic heterocycles. The SMILES string of the molecule is CC(C)(C)OC(=O)NCC(C)(CO)c1ccccc1F. The molecule has 1 amide bonds. The van der Waals surface area contributed by atoms with Crippen molar-refractivity contribution in [3.8, 4) is 0 Å². The van der Waals surface area contributed by atoms with E-state index in [0.29, 0.717) is 5.56 Å². The normalized spacial score (nSPS) is 14.5. The Bertz CT molecular complexity index is 470. The van der Waals surface area contributed by atoms with Gasteiger partial charge in [-0.05, 0) is 32.4 Å². The Hall–Kier alpha value is -1.62. The first-order valence-electron chi connectivity index (χ1n) is 6.51. The number of carbonyl (C=O) groups is 1. The average molecular weight is 283 g/mol. The molecule has 0 radical (unpaired) electrons. The van der Waals surface area contributed by atoms with Crippen molar-refractivity contribution in [3.05, 3.63) is 35.6 Å². The topological polar surface area (TPSA) is 58.6 Å². The molecule has 5 heteroatoms. The number of benzene rings is 1. The monoisotopic (exact) mass is 283 g/mol. The number of carbonyl (C=O) groups excluding carboxylic acids is 1. The molecule has 0 spiro atoms. The van der Waals surface area contributed by atoms with Gasteiger partial charge in [0, 0.05) is 12.0 Å². The van der Waals surface area contributed by atoms with Crippen LogP contribution in [0.3, 0.4) is 0 Å². The summed E-state index contributed by atoms with van der Waals surface area (Å²) < 4.78 is 18.9. The van der Waals surface area contributed by atoms with Gasteiger partial charge in [0.15, 0.2) is 0 Å². The fourth-order valence-electron chi connectivity index (χ4n) is 1.77. The van der Waals surface area contributed by atoms with E-state index >= 15 is 0 Å². The van der Waals surface area contributed by atoms with Gasteiger partial charge in [0.2, 0.25) is 0 Å². The summed E-state index contributed by atoms with van der Waals surface area (Å²) in [7, 11) is 0. The Kier molecular flexibility index (Phi) is 5.11. The third-order valence-electron chi connectivity index (χ3n) is 2.89. The molecule has 0 aliphatic heterocycles. The molecule has 0 aliphatic carbocycles. The summed E-state index contributed by atoms with van der Waals surface area (Å²) in [4.78, 5) is 11.6. The van der Waals surface area contributed by atoms with Gasteiger partial charge < -0.3 is 15.2 Å². The molecule has 1 aromatic carbocycles. The van der Waals surface area contributed by atoms with Crippen LogP contribution in [0.5, 0.6) is 0 Å². The fourth-order valence-corrected chi connectivity index (χ4v) is 1.77. The number of hydrogen-bond acceptors (Lipinski definition) is 3. The molecule has 20 heavy (non-hydrogen) atoms. The van der Waals surface area contributed by atoms with Gasteiger partial charge in [-0.2, -0.15) is 0 Å². The first-order valence-corrected chi connectivity index (χ1v) is 6.51. The van der Waals surface area contributed by atoms with Gasteiger partial charge in [-0.15, -0.1) is 0 Å². The minimum atomic E-state index is -0.901. The lowest BCUT2D eigenvalue weighted by molar-refractivity contribution is 0.0506. The van der Waals surface area contributed by atoms with Crippen LogP contribution >= 0.6 is 0 Å². The lowest BCUT2D eigenvalue weighted by Gasteiger charge is -2.29. The Morgan fingerprint density at radius 1 is 1.30 bits per heavy atom. The standard InChI is InChI=1S/C15H22FNO3/c1-14(2,3)20-13(19)17-9-15(4,10-18)11-7-5-6-8-12(11)16/h5-8,18H,9-10H2,1-4H3,(H,17,19). The van der Waals surface area contributed by atoms with Crippen molar-refractivity contribution in [1.29, 1.82) is 0 Å². The maximum Gasteiger partial charge on any atom is 0.407 e. The minimum Gasteiger partial charge on any atom is -0.444 e. The molecule has 1 atom stereocenters. The summed E-state index contributed by atoms with van der Waals surface area (Å²) in [6.45, 7) is 6.75. The van der Waals surface area contributed by atoms with Gasteiger partial charge in [-0.25, -0.2) is 9.18 Å². The maximum atomic E-state index is 13.8. The van der Waals surface area contributed by atoms with Gasteiger partial charge in [0.05, 0.1) is 6.61 Å². The van der Waals surface area contributed by atoms with E-state index in [2.05, 4.69) is 5.32 Å². The van der Waals surface area contributed by atoms with E-state index in [1.807, 2.05) is 0 Å². The van der Waals surface area contributed by atoms with Crippen molar-refractivity contribution in [2.45, 2.75) is 38.7 Å². The fraction of sp³-hybridized carbons (Fsp3) is 0.533. The third kappa shape index (κ3) is 4.49. The van der Waals surface area contributed by atoms with Gasteiger partial charge in [-0.1, -0.05) is 25.1 Å². The first-order chi connectivity index (χ1) is 9.18. The number of hydrogen-bond donors (Lipinski definition) is 2. The van der Waals surface area contributed by atoms with Gasteiger partial charge in [0.1, 0.15) is 11.4 Å². The number of aliphatic hydroxyl groups excluding tert-OH is 1. The minimum absolute atomic E-state index is 0.0827. The van der Waals surface area contributed by atoms with Crippen LogP contribution in [-0.4, -0.2) is 30.0 Å². The third-order valence-corrected chi connectivity index (χ3v) is 2.89. The van der Waals surface area contributed by atoms with Crippen LogP contribution in [0.1, 0.15) is 33.3 Å². The number of ether oxygens (including phenoxy) is 1. The smallest absolute Gasteiger partial charge is 0.407 e. The number of rotatable bonds is 4. The van der Waals surface area contributed by atoms with Crippen molar-refractivity contribution in [1.82, 2.24) is 5.32 Å². The summed E-state index contributed by atoms with van der Waals surface area (Å²) in [5, 5.41) is 12.1. The molecule has 2 N–H and O–H groups in total. The van der Waals surface area contributed by atoms with E-state index in [1.54, 1.807) is 45.9 Å². The summed E-state index contributed by atoms with van der Waals surface area (Å²) in [6.07, 6.45) is -0.589. The molecular weight excluding hydrogens is 261 g/mol. The zero-order valence-corrected chi connectivity index (χ0v) is 12.4. The second-order valence-corrected chi connectivity index (χ2v) is 6.05. The van der Waals surface area contributed by atoms with Gasteiger partial charge in [0.25, 0.3) is 0 Å². The van der Waals surface area contributed by atoms with Crippen LogP contribution in [-0.2, 0) is 10.2 Å².